The lowest BCUT2D eigenvalue weighted by atomic mass is 9.55. The predicted molar refractivity (Wildman–Crippen MR) is 297 cm³/mol. The summed E-state index contributed by atoms with van der Waals surface area (Å²) in [6.45, 7) is 7.51. The molecule has 7 atom stereocenters. The van der Waals surface area contributed by atoms with Crippen LogP contribution < -0.4 is 9.47 Å². The zero-order chi connectivity index (χ0) is 53.0. The highest BCUT2D eigenvalue weighted by Gasteiger charge is 2.66. The highest BCUT2D eigenvalue weighted by atomic mass is 19.1. The van der Waals surface area contributed by atoms with Crippen LogP contribution in [0.4, 0.5) is 9.18 Å². The van der Waals surface area contributed by atoms with Gasteiger partial charge in [-0.3, -0.25) is 4.90 Å². The highest BCUT2D eigenvalue weighted by molar-refractivity contribution is 6.03. The summed E-state index contributed by atoms with van der Waals surface area (Å²) in [6, 6.07) is 29.7. The van der Waals surface area contributed by atoms with E-state index in [9.17, 15) is 14.6 Å². The number of halogens is 1. The first kappa shape index (κ1) is 56.7. The van der Waals surface area contributed by atoms with Gasteiger partial charge in [-0.2, -0.15) is 0 Å². The number of amides is 1. The van der Waals surface area contributed by atoms with Crippen molar-refractivity contribution >= 4 is 11.8 Å². The van der Waals surface area contributed by atoms with Crippen LogP contribution in [0, 0.1) is 23.6 Å². The Bertz CT molecular complexity index is 2460. The lowest BCUT2D eigenvalue weighted by Gasteiger charge is -2.60. The summed E-state index contributed by atoms with van der Waals surface area (Å²) in [4.78, 5) is 23.2. The molecule has 11 nitrogen and oxygen atoms in total. The number of benzene rings is 4. The van der Waals surface area contributed by atoms with Crippen LogP contribution >= 0.6 is 0 Å². The molecule has 0 bridgehead atoms. The van der Waals surface area contributed by atoms with Crippen molar-refractivity contribution < 1.29 is 47.9 Å². The van der Waals surface area contributed by atoms with Crippen molar-refractivity contribution in [3.63, 3.8) is 0 Å². The van der Waals surface area contributed by atoms with Crippen LogP contribution in [0.2, 0.25) is 0 Å². The second kappa shape index (κ2) is 29.3. The van der Waals surface area contributed by atoms with Gasteiger partial charge in [0, 0.05) is 44.1 Å². The third-order valence-electron chi connectivity index (χ3n) is 15.9. The number of aliphatic hydroxyl groups excluding tert-OH is 2. The SMILES string of the molecule is C=CCOC12Oc3ccc(Oc4ccc(-c5ccccc5)cc4)cc3C3C(CCCCO)C(CCCCO)C=C(C(=NOC4CCCCO4)CC1N(Cc1ccc(F)cc1)C(=O)OCCCCCCCCCCCC)C32. The van der Waals surface area contributed by atoms with Gasteiger partial charge in [0.2, 0.25) is 12.1 Å². The van der Waals surface area contributed by atoms with Crippen molar-refractivity contribution in [1.29, 1.82) is 0 Å². The van der Waals surface area contributed by atoms with Crippen molar-refractivity contribution in [2.45, 2.75) is 166 Å². The Labute approximate surface area is 451 Å². The van der Waals surface area contributed by atoms with Gasteiger partial charge in [0.05, 0.1) is 31.5 Å². The lowest BCUT2D eigenvalue weighted by Crippen LogP contribution is -2.70. The Hall–Kier alpha value is -5.53. The molecule has 4 aliphatic rings. The number of carbonyl (C=O) groups is 1. The monoisotopic (exact) mass is 1040 g/mol. The Morgan fingerprint density at radius 2 is 1.51 bits per heavy atom. The van der Waals surface area contributed by atoms with E-state index in [0.29, 0.717) is 54.4 Å². The second-order valence-electron chi connectivity index (χ2n) is 21.2. The number of carbonyl (C=O) groups excluding carboxylic acids is 1. The standard InChI is InChI=1S/C64H83FN2O9/c1-3-5-6-7-8-9-10-11-12-21-42-72-63(70)67(46-47-28-32-51(65)33-29-47)59-45-57(66-76-60-27-18-22-41-71-60)55-43-50(25-16-19-38-68)54(26-17-20-39-69)61-56-44-53(36-37-58(56)75-64(59,62(55)61)73-40-4-2)74-52-34-30-49(31-35-52)48-23-14-13-15-24-48/h4,13-15,23-24,28-37,43-44,50,54,59-62,68-69H,2-3,5-12,16-22,25-27,38-42,45-46H2,1H3. The number of hydrogen-bond donors (Lipinski definition) is 2. The average Bonchev–Trinajstić information content (AvgIpc) is 3.54. The van der Waals surface area contributed by atoms with Crippen LogP contribution in [0.15, 0.2) is 127 Å². The van der Waals surface area contributed by atoms with Crippen molar-refractivity contribution in [1.82, 2.24) is 4.90 Å². The largest absolute Gasteiger partial charge is 0.459 e. The Morgan fingerprint density at radius 3 is 2.21 bits per heavy atom. The van der Waals surface area contributed by atoms with Gasteiger partial charge >= 0.3 is 6.09 Å². The molecule has 2 aliphatic carbocycles. The molecule has 2 fully saturated rings. The van der Waals surface area contributed by atoms with Crippen molar-refractivity contribution in [2.75, 3.05) is 33.0 Å². The predicted octanol–water partition coefficient (Wildman–Crippen LogP) is 15.0. The van der Waals surface area contributed by atoms with E-state index in [1.54, 1.807) is 23.1 Å². The van der Waals surface area contributed by atoms with E-state index < -0.39 is 30.1 Å². The molecule has 4 aromatic carbocycles. The molecule has 0 aromatic heterocycles. The van der Waals surface area contributed by atoms with Gasteiger partial charge < -0.3 is 38.7 Å². The van der Waals surface area contributed by atoms with Crippen LogP contribution in [0.1, 0.15) is 152 Å². The number of allylic oxidation sites excluding steroid dienone is 1. The van der Waals surface area contributed by atoms with Gasteiger partial charge in [-0.15, -0.1) is 6.58 Å². The van der Waals surface area contributed by atoms with E-state index in [-0.39, 0.29) is 63.0 Å². The summed E-state index contributed by atoms with van der Waals surface area (Å²) in [6.07, 6.45) is 21.8. The third kappa shape index (κ3) is 14.7. The van der Waals surface area contributed by atoms with Gasteiger partial charge in [-0.25, -0.2) is 9.18 Å². The van der Waals surface area contributed by atoms with Crippen LogP contribution in [0.25, 0.3) is 11.1 Å². The molecule has 12 heteroatoms. The second-order valence-corrected chi connectivity index (χ2v) is 21.2. The molecule has 2 heterocycles. The first-order valence-corrected chi connectivity index (χ1v) is 28.7. The topological polar surface area (TPSA) is 129 Å². The minimum absolute atomic E-state index is 0.00481. The number of nitrogens with zero attached hydrogens (tertiary/aromatic N) is 2. The maximum atomic E-state index is 15.2. The first-order chi connectivity index (χ1) is 37.3. The molecule has 0 radical (unpaired) electrons. The van der Waals surface area contributed by atoms with E-state index in [0.717, 1.165) is 86.5 Å². The summed E-state index contributed by atoms with van der Waals surface area (Å²) in [5.41, 5.74) is 5.44. The van der Waals surface area contributed by atoms with E-state index in [1.165, 1.54) is 50.7 Å². The summed E-state index contributed by atoms with van der Waals surface area (Å²) in [5, 5.41) is 25.3. The smallest absolute Gasteiger partial charge is 0.410 e. The van der Waals surface area contributed by atoms with Crippen molar-refractivity contribution in [3.05, 3.63) is 138 Å². The van der Waals surface area contributed by atoms with Crippen LogP contribution in [0.3, 0.4) is 0 Å². The maximum absolute atomic E-state index is 15.2. The van der Waals surface area contributed by atoms with E-state index in [2.05, 4.69) is 49.9 Å². The fraction of sp³-hybridized carbons (Fsp3) is 0.531. The van der Waals surface area contributed by atoms with Gasteiger partial charge in [0.15, 0.2) is 0 Å². The van der Waals surface area contributed by atoms with E-state index >= 15 is 4.79 Å². The molecular formula is C64H83FN2O9. The minimum Gasteiger partial charge on any atom is -0.459 e. The van der Waals surface area contributed by atoms with E-state index in [4.69, 9.17) is 33.7 Å². The van der Waals surface area contributed by atoms with E-state index in [1.807, 2.05) is 42.5 Å². The number of fused-ring (bicyclic) bond motifs is 2. The number of aliphatic hydroxyl groups is 2. The molecule has 8 rings (SSSR count). The molecule has 0 spiro atoms. The molecule has 1 saturated carbocycles. The molecule has 4 aromatic rings. The summed E-state index contributed by atoms with van der Waals surface area (Å²) >= 11 is 0. The molecule has 1 saturated heterocycles. The fourth-order valence-electron chi connectivity index (χ4n) is 12.0. The van der Waals surface area contributed by atoms with Crippen LogP contribution in [-0.2, 0) is 25.6 Å². The third-order valence-corrected chi connectivity index (χ3v) is 15.9. The Kier molecular flexibility index (Phi) is 21.8. The number of unbranched alkanes of at least 4 members (excludes halogenated alkanes) is 11. The van der Waals surface area contributed by atoms with Crippen LogP contribution in [-0.4, -0.2) is 78.1 Å². The zero-order valence-electron chi connectivity index (χ0n) is 45.0. The molecule has 2 aliphatic heterocycles. The Morgan fingerprint density at radius 1 is 0.816 bits per heavy atom. The first-order valence-electron chi connectivity index (χ1n) is 28.7. The summed E-state index contributed by atoms with van der Waals surface area (Å²) in [7, 11) is 0. The quantitative estimate of drug-likeness (QED) is 0.0298. The molecule has 2 N–H and O–H groups in total. The van der Waals surface area contributed by atoms with Gasteiger partial charge in [0.25, 0.3) is 0 Å². The van der Waals surface area contributed by atoms with Gasteiger partial charge in [-0.05, 0) is 122 Å². The maximum Gasteiger partial charge on any atom is 0.410 e. The number of ether oxygens (including phenoxy) is 5. The van der Waals surface area contributed by atoms with Gasteiger partial charge in [-0.1, -0.05) is 149 Å². The normalized spacial score (nSPS) is 23.2. The number of oxime groups is 1. The lowest BCUT2D eigenvalue weighted by molar-refractivity contribution is -0.256. The molecule has 410 valence electrons. The minimum atomic E-state index is -1.52. The number of hydrogen-bond acceptors (Lipinski definition) is 10. The zero-order valence-corrected chi connectivity index (χ0v) is 45.0. The van der Waals surface area contributed by atoms with Gasteiger partial charge in [0.1, 0.15) is 29.1 Å². The molecular weight excluding hydrogens is 960 g/mol. The molecule has 7 unspecified atom stereocenters. The van der Waals surface area contributed by atoms with Crippen molar-refractivity contribution in [2.24, 2.45) is 22.9 Å². The molecule has 1 amide bonds. The summed E-state index contributed by atoms with van der Waals surface area (Å²) < 4.78 is 48.4. The Balaban J connectivity index is 1.22. The summed E-state index contributed by atoms with van der Waals surface area (Å²) in [5.74, 6) is -0.737. The fourth-order valence-corrected chi connectivity index (χ4v) is 12.0. The molecule has 76 heavy (non-hydrogen) atoms. The highest BCUT2D eigenvalue weighted by Crippen LogP contribution is 2.62. The van der Waals surface area contributed by atoms with Crippen LogP contribution in [0.5, 0.6) is 17.2 Å². The number of rotatable bonds is 30. The van der Waals surface area contributed by atoms with Crippen molar-refractivity contribution in [3.8, 4) is 28.4 Å². The average molecular weight is 1040 g/mol.